The van der Waals surface area contributed by atoms with Crippen LogP contribution in [-0.4, -0.2) is 43.0 Å². The standard InChI is InChI=1S/C25H24N2O6S/c1-14-23(25(30)31-3)18(27-24(14)15(2)28)12-22(29)26-17-11-19-20(33-10-9-32-19)13-21(17)34-16-7-5-4-6-8-16/h4-8,11,13,27H,9-10,12H2,1-3H3,(H,26,29). The van der Waals surface area contributed by atoms with Gasteiger partial charge in [0.25, 0.3) is 0 Å². The number of methoxy groups -OCH3 is 1. The van der Waals surface area contributed by atoms with Crippen molar-refractivity contribution in [2.75, 3.05) is 25.6 Å². The van der Waals surface area contributed by atoms with Crippen molar-refractivity contribution >= 4 is 35.1 Å². The summed E-state index contributed by atoms with van der Waals surface area (Å²) in [6.45, 7) is 3.92. The van der Waals surface area contributed by atoms with Crippen LogP contribution in [0.3, 0.4) is 0 Å². The fourth-order valence-electron chi connectivity index (χ4n) is 3.74. The SMILES string of the molecule is COC(=O)c1c(CC(=O)Nc2cc3c(cc2Sc2ccccc2)OCCO3)[nH]c(C(C)=O)c1C. The number of ether oxygens (including phenoxy) is 3. The van der Waals surface area contributed by atoms with Gasteiger partial charge in [-0.3, -0.25) is 9.59 Å². The van der Waals surface area contributed by atoms with E-state index in [2.05, 4.69) is 10.3 Å². The first-order valence-electron chi connectivity index (χ1n) is 10.6. The van der Waals surface area contributed by atoms with Gasteiger partial charge in [0.05, 0.1) is 30.5 Å². The van der Waals surface area contributed by atoms with E-state index < -0.39 is 5.97 Å². The highest BCUT2D eigenvalue weighted by atomic mass is 32.2. The topological polar surface area (TPSA) is 107 Å². The second-order valence-corrected chi connectivity index (χ2v) is 8.77. The van der Waals surface area contributed by atoms with Gasteiger partial charge in [-0.2, -0.15) is 0 Å². The van der Waals surface area contributed by atoms with Gasteiger partial charge >= 0.3 is 5.97 Å². The first-order valence-corrected chi connectivity index (χ1v) is 11.5. The number of fused-ring (bicyclic) bond motifs is 1. The molecule has 0 aliphatic carbocycles. The maximum absolute atomic E-state index is 13.1. The maximum atomic E-state index is 13.1. The number of aromatic nitrogens is 1. The number of carbonyl (C=O) groups is 3. The van der Waals surface area contributed by atoms with Crippen molar-refractivity contribution in [2.45, 2.75) is 30.1 Å². The van der Waals surface area contributed by atoms with E-state index in [0.29, 0.717) is 41.7 Å². The molecule has 0 radical (unpaired) electrons. The van der Waals surface area contributed by atoms with Crippen molar-refractivity contribution < 1.29 is 28.6 Å². The number of hydrogen-bond donors (Lipinski definition) is 2. The number of nitrogens with one attached hydrogen (secondary N) is 2. The van der Waals surface area contributed by atoms with Gasteiger partial charge in [0.1, 0.15) is 13.2 Å². The maximum Gasteiger partial charge on any atom is 0.339 e. The van der Waals surface area contributed by atoms with E-state index in [1.54, 1.807) is 13.0 Å². The second-order valence-electron chi connectivity index (χ2n) is 7.66. The largest absolute Gasteiger partial charge is 0.486 e. The number of hydrogen-bond acceptors (Lipinski definition) is 7. The molecule has 2 N–H and O–H groups in total. The molecular formula is C25H24N2O6S. The van der Waals surface area contributed by atoms with E-state index in [1.807, 2.05) is 36.4 Å². The van der Waals surface area contributed by atoms with Gasteiger partial charge in [-0.05, 0) is 24.6 Å². The summed E-state index contributed by atoms with van der Waals surface area (Å²) in [5, 5.41) is 2.92. The molecular weight excluding hydrogens is 456 g/mol. The summed E-state index contributed by atoms with van der Waals surface area (Å²) in [4.78, 5) is 42.1. The molecule has 2 aromatic carbocycles. The molecule has 0 saturated heterocycles. The highest BCUT2D eigenvalue weighted by Crippen LogP contribution is 2.42. The minimum absolute atomic E-state index is 0.150. The Hall–Kier alpha value is -3.72. The molecule has 0 atom stereocenters. The third-order valence-electron chi connectivity index (χ3n) is 5.30. The third-order valence-corrected chi connectivity index (χ3v) is 6.36. The molecule has 1 amide bonds. The Morgan fingerprint density at radius 2 is 1.76 bits per heavy atom. The number of ketones is 1. The van der Waals surface area contributed by atoms with E-state index in [9.17, 15) is 14.4 Å². The summed E-state index contributed by atoms with van der Waals surface area (Å²) >= 11 is 1.48. The predicted octanol–water partition coefficient (Wildman–Crippen LogP) is 4.42. The molecule has 34 heavy (non-hydrogen) atoms. The van der Waals surface area contributed by atoms with Crippen molar-refractivity contribution in [3.05, 3.63) is 65.0 Å². The number of Topliss-reactive ketones (excluding diaryl/α,β-unsaturated/α-hetero) is 1. The fourth-order valence-corrected chi connectivity index (χ4v) is 4.68. The van der Waals surface area contributed by atoms with E-state index in [0.717, 1.165) is 9.79 Å². The normalized spacial score (nSPS) is 12.2. The number of amides is 1. The summed E-state index contributed by atoms with van der Waals surface area (Å²) in [5.74, 6) is -0.0509. The highest BCUT2D eigenvalue weighted by molar-refractivity contribution is 7.99. The Kier molecular flexibility index (Phi) is 6.93. The zero-order chi connectivity index (χ0) is 24.2. The van der Waals surface area contributed by atoms with Gasteiger partial charge in [0, 0.05) is 34.5 Å². The Morgan fingerprint density at radius 1 is 1.09 bits per heavy atom. The summed E-state index contributed by atoms with van der Waals surface area (Å²) in [5.41, 5.74) is 1.81. The van der Waals surface area contributed by atoms with Crippen LogP contribution < -0.4 is 14.8 Å². The number of rotatable bonds is 7. The highest BCUT2D eigenvalue weighted by Gasteiger charge is 2.25. The summed E-state index contributed by atoms with van der Waals surface area (Å²) < 4.78 is 16.3. The zero-order valence-corrected chi connectivity index (χ0v) is 19.8. The van der Waals surface area contributed by atoms with E-state index >= 15 is 0 Å². The summed E-state index contributed by atoms with van der Waals surface area (Å²) in [6.07, 6.45) is -0.150. The average Bonchev–Trinajstić information content (AvgIpc) is 3.15. The molecule has 1 aromatic heterocycles. The molecule has 176 valence electrons. The fraction of sp³-hybridized carbons (Fsp3) is 0.240. The molecule has 8 nitrogen and oxygen atoms in total. The lowest BCUT2D eigenvalue weighted by Crippen LogP contribution is -2.19. The van der Waals surface area contributed by atoms with Crippen LogP contribution in [0.1, 0.15) is 39.0 Å². The molecule has 9 heteroatoms. The van der Waals surface area contributed by atoms with Gasteiger partial charge < -0.3 is 24.5 Å². The lowest BCUT2D eigenvalue weighted by atomic mass is 10.1. The molecule has 3 aromatic rings. The summed E-state index contributed by atoms with van der Waals surface area (Å²) in [7, 11) is 1.26. The molecule has 2 heterocycles. The molecule has 0 unspecified atom stereocenters. The molecule has 0 bridgehead atoms. The predicted molar refractivity (Wildman–Crippen MR) is 127 cm³/mol. The molecule has 1 aliphatic heterocycles. The van der Waals surface area contributed by atoms with Crippen molar-refractivity contribution in [1.29, 1.82) is 0 Å². The van der Waals surface area contributed by atoms with Crippen LogP contribution in [0.4, 0.5) is 5.69 Å². The number of H-pyrrole nitrogens is 1. The lowest BCUT2D eigenvalue weighted by molar-refractivity contribution is -0.115. The zero-order valence-electron chi connectivity index (χ0n) is 19.0. The third kappa shape index (κ3) is 4.94. The van der Waals surface area contributed by atoms with Gasteiger partial charge in [0.2, 0.25) is 5.91 Å². The van der Waals surface area contributed by atoms with Gasteiger partial charge in [-0.25, -0.2) is 4.79 Å². The van der Waals surface area contributed by atoms with Crippen molar-refractivity contribution in [1.82, 2.24) is 4.98 Å². The van der Waals surface area contributed by atoms with Crippen molar-refractivity contribution in [3.63, 3.8) is 0 Å². The van der Waals surface area contributed by atoms with E-state index in [1.165, 1.54) is 25.8 Å². The molecule has 0 saturated carbocycles. The van der Waals surface area contributed by atoms with Crippen LogP contribution in [0.25, 0.3) is 0 Å². The molecule has 0 fully saturated rings. The smallest absolute Gasteiger partial charge is 0.339 e. The van der Waals surface area contributed by atoms with Crippen LogP contribution in [0.5, 0.6) is 11.5 Å². The van der Waals surface area contributed by atoms with Crippen LogP contribution in [-0.2, 0) is 16.0 Å². The number of aromatic amines is 1. The van der Waals surface area contributed by atoms with Crippen LogP contribution in [0.15, 0.2) is 52.3 Å². The van der Waals surface area contributed by atoms with Gasteiger partial charge in [-0.1, -0.05) is 30.0 Å². The summed E-state index contributed by atoms with van der Waals surface area (Å²) in [6, 6.07) is 13.3. The average molecular weight is 481 g/mol. The molecule has 0 spiro atoms. The van der Waals surface area contributed by atoms with Crippen LogP contribution in [0, 0.1) is 6.92 Å². The number of benzene rings is 2. The number of carbonyl (C=O) groups excluding carboxylic acids is 3. The first kappa shape index (κ1) is 23.4. The monoisotopic (exact) mass is 480 g/mol. The lowest BCUT2D eigenvalue weighted by Gasteiger charge is -2.21. The van der Waals surface area contributed by atoms with Crippen LogP contribution in [0.2, 0.25) is 0 Å². The minimum Gasteiger partial charge on any atom is -0.486 e. The van der Waals surface area contributed by atoms with Crippen molar-refractivity contribution in [2.24, 2.45) is 0 Å². The van der Waals surface area contributed by atoms with Crippen molar-refractivity contribution in [3.8, 4) is 11.5 Å². The Bertz CT molecular complexity index is 1250. The Labute approximate surface area is 201 Å². The Morgan fingerprint density at radius 3 is 2.41 bits per heavy atom. The molecule has 1 aliphatic rings. The second kappa shape index (κ2) is 10.0. The van der Waals surface area contributed by atoms with Gasteiger partial charge in [0.15, 0.2) is 17.3 Å². The Balaban J connectivity index is 1.64. The van der Waals surface area contributed by atoms with Gasteiger partial charge in [-0.15, -0.1) is 0 Å². The quantitative estimate of drug-likeness (QED) is 0.381. The van der Waals surface area contributed by atoms with E-state index in [4.69, 9.17) is 14.2 Å². The first-order chi connectivity index (χ1) is 16.4. The molecule has 4 rings (SSSR count). The number of esters is 1. The minimum atomic E-state index is -0.608. The van der Waals surface area contributed by atoms with E-state index in [-0.39, 0.29) is 29.4 Å². The van der Waals surface area contributed by atoms with Crippen LogP contribution >= 0.6 is 11.8 Å². The number of anilines is 1.